The summed E-state index contributed by atoms with van der Waals surface area (Å²) in [6.07, 6.45) is 1.51. The van der Waals surface area contributed by atoms with Crippen molar-refractivity contribution in [2.45, 2.75) is 31.4 Å². The molecule has 0 saturated carbocycles. The van der Waals surface area contributed by atoms with Crippen molar-refractivity contribution in [2.75, 3.05) is 6.61 Å². The third kappa shape index (κ3) is 2.15. The highest BCUT2D eigenvalue weighted by molar-refractivity contribution is 4.86. The fourth-order valence-corrected chi connectivity index (χ4v) is 1.58. The van der Waals surface area contributed by atoms with Crippen molar-refractivity contribution in [2.24, 2.45) is 5.73 Å². The van der Waals surface area contributed by atoms with Gasteiger partial charge >= 0.3 is 0 Å². The largest absolute Gasteiger partial charge is 0.394 e. The zero-order valence-electron chi connectivity index (χ0n) is 8.15. The van der Waals surface area contributed by atoms with Crippen LogP contribution in [0.5, 0.6) is 0 Å². The molecule has 84 valence electrons. The van der Waals surface area contributed by atoms with Gasteiger partial charge in [-0.25, -0.2) is 9.67 Å². The molecule has 0 spiro atoms. The summed E-state index contributed by atoms with van der Waals surface area (Å²) >= 11 is 0. The van der Waals surface area contributed by atoms with E-state index < -0.39 is 6.23 Å². The monoisotopic (exact) mass is 214 g/mol. The molecule has 0 bridgehead atoms. The Balaban J connectivity index is 2.04. The van der Waals surface area contributed by atoms with Gasteiger partial charge in [0.1, 0.15) is 6.33 Å². The molecular formula is C8H14N4O3. The highest BCUT2D eigenvalue weighted by atomic mass is 16.5. The van der Waals surface area contributed by atoms with E-state index in [0.29, 0.717) is 0 Å². The lowest BCUT2D eigenvalue weighted by Crippen LogP contribution is -2.16. The lowest BCUT2D eigenvalue weighted by Gasteiger charge is -2.11. The second kappa shape index (κ2) is 4.23. The van der Waals surface area contributed by atoms with E-state index in [1.54, 1.807) is 0 Å². The topological polar surface area (TPSA) is 106 Å². The molecule has 1 saturated heterocycles. The molecule has 2 rings (SSSR count). The fraction of sp³-hybridized carbons (Fsp3) is 0.750. The maximum atomic E-state index is 9.04. The lowest BCUT2D eigenvalue weighted by atomic mass is 10.2. The van der Waals surface area contributed by atoms with Gasteiger partial charge < -0.3 is 14.9 Å². The predicted molar refractivity (Wildman–Crippen MR) is 49.4 cm³/mol. The Morgan fingerprint density at radius 3 is 3.00 bits per heavy atom. The van der Waals surface area contributed by atoms with Crippen molar-refractivity contribution >= 4 is 0 Å². The molecule has 1 aromatic heterocycles. The highest BCUT2D eigenvalue weighted by Gasteiger charge is 2.27. The number of nitrogens with zero attached hydrogens (tertiary/aromatic N) is 3. The van der Waals surface area contributed by atoms with Crippen molar-refractivity contribution in [1.82, 2.24) is 14.8 Å². The van der Waals surface area contributed by atoms with Crippen LogP contribution < -0.4 is 5.73 Å². The van der Waals surface area contributed by atoms with Crippen molar-refractivity contribution in [3.63, 3.8) is 0 Å². The Kier molecular flexibility index (Phi) is 2.96. The van der Waals surface area contributed by atoms with Crippen LogP contribution in [0.4, 0.5) is 0 Å². The Labute approximate surface area is 86.5 Å². The number of hydrogen-bond acceptors (Lipinski definition) is 6. The van der Waals surface area contributed by atoms with Gasteiger partial charge in [-0.15, -0.1) is 5.10 Å². The van der Waals surface area contributed by atoms with E-state index in [9.17, 15) is 0 Å². The maximum Gasteiger partial charge on any atom is 0.194 e. The number of aliphatic hydroxyl groups is 2. The van der Waals surface area contributed by atoms with Crippen molar-refractivity contribution in [3.8, 4) is 0 Å². The Bertz CT molecular complexity index is 327. The second-order valence-corrected chi connectivity index (χ2v) is 3.50. The van der Waals surface area contributed by atoms with E-state index in [-0.39, 0.29) is 24.8 Å². The molecule has 0 aliphatic carbocycles. The quantitative estimate of drug-likeness (QED) is 0.551. The molecule has 15 heavy (non-hydrogen) atoms. The average Bonchev–Trinajstić information content (AvgIpc) is 2.86. The summed E-state index contributed by atoms with van der Waals surface area (Å²) in [4.78, 5) is 3.85. The second-order valence-electron chi connectivity index (χ2n) is 3.50. The van der Waals surface area contributed by atoms with Crippen LogP contribution >= 0.6 is 0 Å². The molecule has 4 N–H and O–H groups in total. The number of nitrogens with two attached hydrogens (primary N) is 1. The minimum absolute atomic E-state index is 0.0115. The summed E-state index contributed by atoms with van der Waals surface area (Å²) in [5, 5.41) is 21.9. The third-order valence-electron chi connectivity index (χ3n) is 2.37. The molecule has 3 atom stereocenters. The molecule has 1 unspecified atom stereocenters. The maximum absolute atomic E-state index is 9.04. The van der Waals surface area contributed by atoms with Gasteiger partial charge in [0, 0.05) is 0 Å². The van der Waals surface area contributed by atoms with Gasteiger partial charge in [-0.3, -0.25) is 5.73 Å². The average molecular weight is 214 g/mol. The first kappa shape index (κ1) is 10.5. The molecule has 1 aliphatic heterocycles. The molecule has 0 amide bonds. The molecule has 1 fully saturated rings. The SMILES string of the molecule is NC(O)c1ncn([C@@H]2CC[C@H](CO)O2)n1. The number of aromatic nitrogens is 3. The van der Waals surface area contributed by atoms with E-state index in [1.807, 2.05) is 0 Å². The molecule has 0 aromatic carbocycles. The first-order valence-electron chi connectivity index (χ1n) is 4.81. The van der Waals surface area contributed by atoms with Crippen LogP contribution in [0, 0.1) is 0 Å². The minimum atomic E-state index is -1.17. The molecule has 7 heteroatoms. The van der Waals surface area contributed by atoms with Gasteiger partial charge in [-0.1, -0.05) is 0 Å². The summed E-state index contributed by atoms with van der Waals surface area (Å²) in [5.74, 6) is 0.172. The standard InChI is InChI=1S/C8H14N4O3/c9-7(14)8-10-4-12(11-8)6-2-1-5(3-13)15-6/h4-7,13-14H,1-3,9H2/t5-,6+,7?/m1/s1. The Hall–Kier alpha value is -1.02. The van der Waals surface area contributed by atoms with E-state index in [1.165, 1.54) is 11.0 Å². The fourth-order valence-electron chi connectivity index (χ4n) is 1.58. The molecular weight excluding hydrogens is 200 g/mol. The van der Waals surface area contributed by atoms with Crippen molar-refractivity contribution in [1.29, 1.82) is 0 Å². The summed E-state index contributed by atoms with van der Waals surface area (Å²) in [7, 11) is 0. The summed E-state index contributed by atoms with van der Waals surface area (Å²) in [6.45, 7) is 0.0115. The van der Waals surface area contributed by atoms with Gasteiger partial charge in [-0.05, 0) is 12.8 Å². The lowest BCUT2D eigenvalue weighted by molar-refractivity contribution is -0.0287. The zero-order valence-corrected chi connectivity index (χ0v) is 8.15. The molecule has 1 aromatic rings. The van der Waals surface area contributed by atoms with E-state index in [4.69, 9.17) is 20.7 Å². The highest BCUT2D eigenvalue weighted by Crippen LogP contribution is 2.27. The van der Waals surface area contributed by atoms with Gasteiger partial charge in [0.2, 0.25) is 0 Å². The van der Waals surface area contributed by atoms with Gasteiger partial charge in [0.05, 0.1) is 12.7 Å². The minimum Gasteiger partial charge on any atom is -0.394 e. The molecule has 0 radical (unpaired) electrons. The van der Waals surface area contributed by atoms with Crippen LogP contribution in [-0.4, -0.2) is 37.7 Å². The van der Waals surface area contributed by atoms with Crippen molar-refractivity contribution in [3.05, 3.63) is 12.2 Å². The van der Waals surface area contributed by atoms with Crippen LogP contribution in [0.3, 0.4) is 0 Å². The molecule has 2 heterocycles. The summed E-state index contributed by atoms with van der Waals surface area (Å²) < 4.78 is 6.99. The number of hydrogen-bond donors (Lipinski definition) is 3. The van der Waals surface area contributed by atoms with Crippen LogP contribution in [0.25, 0.3) is 0 Å². The van der Waals surface area contributed by atoms with E-state index in [0.717, 1.165) is 12.8 Å². The summed E-state index contributed by atoms with van der Waals surface area (Å²) in [6, 6.07) is 0. The molecule has 1 aliphatic rings. The van der Waals surface area contributed by atoms with Gasteiger partial charge in [-0.2, -0.15) is 0 Å². The normalized spacial score (nSPS) is 28.2. The third-order valence-corrected chi connectivity index (χ3v) is 2.37. The Morgan fingerprint density at radius 1 is 1.67 bits per heavy atom. The Morgan fingerprint density at radius 2 is 2.47 bits per heavy atom. The first-order chi connectivity index (χ1) is 7.20. The molecule has 7 nitrogen and oxygen atoms in total. The van der Waals surface area contributed by atoms with Gasteiger partial charge in [0.25, 0.3) is 0 Å². The van der Waals surface area contributed by atoms with Crippen LogP contribution in [0.15, 0.2) is 6.33 Å². The van der Waals surface area contributed by atoms with Crippen molar-refractivity contribution < 1.29 is 14.9 Å². The van der Waals surface area contributed by atoms with Crippen LogP contribution in [0.1, 0.15) is 31.1 Å². The first-order valence-corrected chi connectivity index (χ1v) is 4.81. The zero-order chi connectivity index (χ0) is 10.8. The van der Waals surface area contributed by atoms with Crippen LogP contribution in [0.2, 0.25) is 0 Å². The van der Waals surface area contributed by atoms with Gasteiger partial charge in [0.15, 0.2) is 18.3 Å². The van der Waals surface area contributed by atoms with E-state index >= 15 is 0 Å². The smallest absolute Gasteiger partial charge is 0.194 e. The summed E-state index contributed by atoms with van der Waals surface area (Å²) in [5.41, 5.74) is 5.22. The number of ether oxygens (including phenoxy) is 1. The predicted octanol–water partition coefficient (Wildman–Crippen LogP) is -1.10. The number of aliphatic hydroxyl groups excluding tert-OH is 2. The van der Waals surface area contributed by atoms with Crippen LogP contribution in [-0.2, 0) is 4.74 Å². The van der Waals surface area contributed by atoms with E-state index in [2.05, 4.69) is 10.1 Å². The number of rotatable bonds is 3.